The van der Waals surface area contributed by atoms with Crippen molar-refractivity contribution < 1.29 is 4.79 Å². The molecule has 3 nitrogen and oxygen atoms in total. The molecule has 102 valence electrons. The zero-order valence-electron chi connectivity index (χ0n) is 11.3. The van der Waals surface area contributed by atoms with Gasteiger partial charge in [0, 0.05) is 12.2 Å². The fourth-order valence-electron chi connectivity index (χ4n) is 2.89. The zero-order valence-corrected chi connectivity index (χ0v) is 11.3. The van der Waals surface area contributed by atoms with Crippen molar-refractivity contribution in [3.8, 4) is 0 Å². The molecular formula is C17H18N2O. The molecule has 0 radical (unpaired) electrons. The van der Waals surface area contributed by atoms with Crippen molar-refractivity contribution in [1.82, 2.24) is 0 Å². The van der Waals surface area contributed by atoms with E-state index in [-0.39, 0.29) is 11.9 Å². The lowest BCUT2D eigenvalue weighted by atomic mass is 9.94. The normalized spacial score (nSPS) is 17.6. The second kappa shape index (κ2) is 5.37. The predicted molar refractivity (Wildman–Crippen MR) is 80.4 cm³/mol. The van der Waals surface area contributed by atoms with Crippen LogP contribution < -0.4 is 10.6 Å². The third-order valence-electron chi connectivity index (χ3n) is 3.89. The molecule has 0 saturated carbocycles. The van der Waals surface area contributed by atoms with Gasteiger partial charge in [0.15, 0.2) is 0 Å². The molecule has 1 unspecified atom stereocenters. The van der Waals surface area contributed by atoms with E-state index >= 15 is 0 Å². The Hall–Kier alpha value is -2.29. The molecule has 1 amide bonds. The first kappa shape index (κ1) is 12.7. The van der Waals surface area contributed by atoms with E-state index in [9.17, 15) is 4.79 Å². The molecule has 20 heavy (non-hydrogen) atoms. The first-order valence-electron chi connectivity index (χ1n) is 6.93. The van der Waals surface area contributed by atoms with Crippen LogP contribution in [0.1, 0.15) is 17.5 Å². The van der Waals surface area contributed by atoms with Crippen molar-refractivity contribution in [2.24, 2.45) is 5.73 Å². The Morgan fingerprint density at radius 3 is 2.55 bits per heavy atom. The summed E-state index contributed by atoms with van der Waals surface area (Å²) in [5.74, 6) is -0.240. The molecule has 1 aliphatic rings. The van der Waals surface area contributed by atoms with Gasteiger partial charge in [0.1, 0.15) is 6.04 Å². The monoisotopic (exact) mass is 266 g/mol. The maximum Gasteiger partial charge on any atom is 0.240 e. The second-order valence-corrected chi connectivity index (χ2v) is 5.20. The van der Waals surface area contributed by atoms with Gasteiger partial charge in [0.2, 0.25) is 5.91 Å². The fourth-order valence-corrected chi connectivity index (χ4v) is 2.89. The van der Waals surface area contributed by atoms with Crippen molar-refractivity contribution in [1.29, 1.82) is 0 Å². The van der Waals surface area contributed by atoms with Crippen LogP contribution in [0.5, 0.6) is 0 Å². The average Bonchev–Trinajstić information content (AvgIpc) is 2.48. The van der Waals surface area contributed by atoms with Crippen LogP contribution in [0.25, 0.3) is 0 Å². The molecule has 1 aliphatic heterocycles. The van der Waals surface area contributed by atoms with Crippen LogP contribution in [0.3, 0.4) is 0 Å². The van der Waals surface area contributed by atoms with Gasteiger partial charge in [0.25, 0.3) is 0 Å². The number of hydrogen-bond acceptors (Lipinski definition) is 2. The number of carbonyl (C=O) groups is 1. The van der Waals surface area contributed by atoms with Crippen molar-refractivity contribution >= 4 is 11.6 Å². The van der Waals surface area contributed by atoms with Gasteiger partial charge >= 0.3 is 0 Å². The summed E-state index contributed by atoms with van der Waals surface area (Å²) in [6.07, 6.45) is 1.70. The third-order valence-corrected chi connectivity index (χ3v) is 3.89. The number of para-hydroxylation sites is 1. The third kappa shape index (κ3) is 2.39. The molecule has 2 aromatic carbocycles. The summed E-state index contributed by atoms with van der Waals surface area (Å²) in [5, 5.41) is 0. The van der Waals surface area contributed by atoms with Crippen molar-refractivity contribution in [2.45, 2.75) is 25.4 Å². The van der Waals surface area contributed by atoms with Crippen LogP contribution in [0.4, 0.5) is 5.69 Å². The molecule has 0 fully saturated rings. The Bertz CT molecular complexity index is 609. The van der Waals surface area contributed by atoms with Gasteiger partial charge in [-0.3, -0.25) is 4.79 Å². The minimum atomic E-state index is -0.240. The number of benzene rings is 2. The van der Waals surface area contributed by atoms with Crippen molar-refractivity contribution in [3.63, 3.8) is 0 Å². The van der Waals surface area contributed by atoms with Crippen molar-refractivity contribution in [2.75, 3.05) is 4.90 Å². The van der Waals surface area contributed by atoms with E-state index in [1.54, 1.807) is 0 Å². The van der Waals surface area contributed by atoms with Gasteiger partial charge in [-0.2, -0.15) is 0 Å². The topological polar surface area (TPSA) is 46.3 Å². The Morgan fingerprint density at radius 1 is 1.10 bits per heavy atom. The second-order valence-electron chi connectivity index (χ2n) is 5.20. The number of nitrogens with zero attached hydrogens (tertiary/aromatic N) is 1. The lowest BCUT2D eigenvalue weighted by Crippen LogP contribution is -2.47. The molecule has 0 spiro atoms. The maximum atomic E-state index is 11.7. The van der Waals surface area contributed by atoms with Gasteiger partial charge in [0.05, 0.1) is 0 Å². The van der Waals surface area contributed by atoms with E-state index in [1.807, 2.05) is 30.3 Å². The number of anilines is 1. The van der Waals surface area contributed by atoms with Crippen LogP contribution in [-0.2, 0) is 17.8 Å². The van der Waals surface area contributed by atoms with E-state index in [0.717, 1.165) is 18.5 Å². The van der Waals surface area contributed by atoms with E-state index in [1.165, 1.54) is 11.1 Å². The quantitative estimate of drug-likeness (QED) is 0.927. The van der Waals surface area contributed by atoms with Gasteiger partial charge in [-0.05, 0) is 30.0 Å². The van der Waals surface area contributed by atoms with E-state index < -0.39 is 0 Å². The first-order valence-corrected chi connectivity index (χ1v) is 6.93. The summed E-state index contributed by atoms with van der Waals surface area (Å²) < 4.78 is 0. The number of amides is 1. The number of hydrogen-bond donors (Lipinski definition) is 1. The largest absolute Gasteiger partial charge is 0.368 e. The highest BCUT2D eigenvalue weighted by molar-refractivity contribution is 5.84. The minimum absolute atomic E-state index is 0.217. The fraction of sp³-hybridized carbons (Fsp3) is 0.235. The molecule has 3 heteroatoms. The van der Waals surface area contributed by atoms with Gasteiger partial charge < -0.3 is 10.6 Å². The van der Waals surface area contributed by atoms with Crippen LogP contribution in [-0.4, -0.2) is 11.9 Å². The Labute approximate surface area is 119 Å². The lowest BCUT2D eigenvalue weighted by Gasteiger charge is -2.37. The summed E-state index contributed by atoms with van der Waals surface area (Å²) in [6, 6.07) is 18.2. The molecule has 1 atom stereocenters. The molecule has 1 heterocycles. The van der Waals surface area contributed by atoms with Crippen LogP contribution >= 0.6 is 0 Å². The Morgan fingerprint density at radius 2 is 1.80 bits per heavy atom. The van der Waals surface area contributed by atoms with Gasteiger partial charge in [-0.15, -0.1) is 0 Å². The standard InChI is InChI=1S/C17H18N2O/c18-17(20)16-11-10-14-8-4-5-9-15(14)19(16)12-13-6-2-1-3-7-13/h1-9,16H,10-12H2,(H2,18,20). The average molecular weight is 266 g/mol. The highest BCUT2D eigenvalue weighted by Crippen LogP contribution is 2.31. The summed E-state index contributed by atoms with van der Waals surface area (Å²) in [7, 11) is 0. The molecule has 0 saturated heterocycles. The number of primary amides is 1. The highest BCUT2D eigenvalue weighted by Gasteiger charge is 2.29. The maximum absolute atomic E-state index is 11.7. The molecular weight excluding hydrogens is 248 g/mol. The molecule has 3 rings (SSSR count). The van der Waals surface area contributed by atoms with Crippen LogP contribution in [0.2, 0.25) is 0 Å². The molecule has 2 N–H and O–H groups in total. The van der Waals surface area contributed by atoms with E-state index in [0.29, 0.717) is 6.54 Å². The molecule has 0 aliphatic carbocycles. The minimum Gasteiger partial charge on any atom is -0.368 e. The number of nitrogens with two attached hydrogens (primary N) is 1. The van der Waals surface area contributed by atoms with Gasteiger partial charge in [-0.1, -0.05) is 48.5 Å². The first-order chi connectivity index (χ1) is 9.75. The number of aryl methyl sites for hydroxylation is 1. The molecule has 2 aromatic rings. The number of rotatable bonds is 3. The molecule has 0 aromatic heterocycles. The zero-order chi connectivity index (χ0) is 13.9. The summed E-state index contributed by atoms with van der Waals surface area (Å²) in [6.45, 7) is 0.714. The van der Waals surface area contributed by atoms with Crippen LogP contribution in [0, 0.1) is 0 Å². The summed E-state index contributed by atoms with van der Waals surface area (Å²) >= 11 is 0. The van der Waals surface area contributed by atoms with E-state index in [4.69, 9.17) is 5.73 Å². The van der Waals surface area contributed by atoms with Gasteiger partial charge in [-0.25, -0.2) is 0 Å². The summed E-state index contributed by atoms with van der Waals surface area (Å²) in [5.41, 5.74) is 9.20. The Kier molecular flexibility index (Phi) is 3.42. The SMILES string of the molecule is NC(=O)C1CCc2ccccc2N1Cc1ccccc1. The summed E-state index contributed by atoms with van der Waals surface area (Å²) in [4.78, 5) is 13.9. The van der Waals surface area contributed by atoms with Crippen molar-refractivity contribution in [3.05, 3.63) is 65.7 Å². The number of carbonyl (C=O) groups excluding carboxylic acids is 1. The molecule has 0 bridgehead atoms. The van der Waals surface area contributed by atoms with Crippen LogP contribution in [0.15, 0.2) is 54.6 Å². The smallest absolute Gasteiger partial charge is 0.240 e. The predicted octanol–water partition coefficient (Wildman–Crippen LogP) is 2.49. The lowest BCUT2D eigenvalue weighted by molar-refractivity contribution is -0.119. The van der Waals surface area contributed by atoms with E-state index in [2.05, 4.69) is 29.2 Å². The highest BCUT2D eigenvalue weighted by atomic mass is 16.1. The number of fused-ring (bicyclic) bond motifs is 1. The Balaban J connectivity index is 1.97.